The van der Waals surface area contributed by atoms with Crippen molar-refractivity contribution in [2.24, 2.45) is 29.6 Å². The first-order valence-corrected chi connectivity index (χ1v) is 24.4. The first-order valence-electron chi connectivity index (χ1n) is 24.4. The molecule has 20 nitrogen and oxygen atoms in total. The Morgan fingerprint density at radius 1 is 0.766 bits per heavy atom. The maximum atomic E-state index is 13.3. The Labute approximate surface area is 378 Å². The summed E-state index contributed by atoms with van der Waals surface area (Å²) in [5, 5.41) is 26.3. The number of rotatable bonds is 26. The summed E-state index contributed by atoms with van der Waals surface area (Å²) in [5.74, 6) is -1.15. The first-order chi connectivity index (χ1) is 31.3. The van der Waals surface area contributed by atoms with Crippen LogP contribution in [0.15, 0.2) is 0 Å². The molecule has 5 heterocycles. The highest BCUT2D eigenvalue weighted by Gasteiger charge is 2.55. The largest absolute Gasteiger partial charge is 0.378 e. The van der Waals surface area contributed by atoms with Crippen molar-refractivity contribution in [3.63, 3.8) is 0 Å². The molecule has 0 bridgehead atoms. The van der Waals surface area contributed by atoms with Crippen LogP contribution < -0.4 is 42.6 Å². The molecule has 362 valence electrons. The lowest BCUT2D eigenvalue weighted by molar-refractivity contribution is -0.151. The van der Waals surface area contributed by atoms with Crippen LogP contribution in [0.1, 0.15) is 77.6 Å². The molecule has 64 heavy (non-hydrogen) atoms. The number of hydrogen-bond acceptors (Lipinski definition) is 17. The van der Waals surface area contributed by atoms with Crippen molar-refractivity contribution in [1.82, 2.24) is 52.6 Å². The molecule has 5 amide bonds. The second-order valence-corrected chi connectivity index (χ2v) is 18.5. The van der Waals surface area contributed by atoms with Gasteiger partial charge in [-0.2, -0.15) is 0 Å². The molecule has 0 radical (unpaired) electrons. The van der Waals surface area contributed by atoms with Crippen molar-refractivity contribution in [3.8, 4) is 0 Å². The summed E-state index contributed by atoms with van der Waals surface area (Å²) < 4.78 is 28.1. The first kappa shape index (κ1) is 49.2. The number of carbonyl (C=O) groups is 5. The zero-order valence-corrected chi connectivity index (χ0v) is 37.9. The molecule has 5 aliphatic heterocycles. The van der Waals surface area contributed by atoms with Gasteiger partial charge < -0.3 is 39.6 Å². The molecule has 0 aromatic heterocycles. The lowest BCUT2D eigenvalue weighted by Crippen LogP contribution is -2.71. The quantitative estimate of drug-likeness (QED) is 0.0365. The topological polar surface area (TPSA) is 234 Å². The fourth-order valence-corrected chi connectivity index (χ4v) is 10.9. The minimum absolute atomic E-state index is 0.0465. The van der Waals surface area contributed by atoms with Gasteiger partial charge in [0.15, 0.2) is 0 Å². The SMILES string of the molecule is CCCN1CC(C2NC(NC3CCC(C(=O)NCCOCCOCCOCCOCCOCCNC4CCCC5C(=O)N(C6CCC(=O)NC6=O)C(=O)C45)CC3)NC3NCCC32)CN1. The fraction of sp³-hybridized carbons (Fsp3) is 0.886. The van der Waals surface area contributed by atoms with Gasteiger partial charge in [-0.15, -0.1) is 0 Å². The average Bonchev–Trinajstić information content (AvgIpc) is 4.03. The van der Waals surface area contributed by atoms with E-state index >= 15 is 0 Å². The van der Waals surface area contributed by atoms with Gasteiger partial charge in [-0.25, -0.2) is 5.01 Å². The highest BCUT2D eigenvalue weighted by Crippen LogP contribution is 2.40. The van der Waals surface area contributed by atoms with E-state index in [-0.39, 0.29) is 54.7 Å². The van der Waals surface area contributed by atoms with E-state index in [0.29, 0.717) is 116 Å². The summed E-state index contributed by atoms with van der Waals surface area (Å²) >= 11 is 0. The van der Waals surface area contributed by atoms with Crippen LogP contribution in [0.5, 0.6) is 0 Å². The highest BCUT2D eigenvalue weighted by atomic mass is 16.6. The highest BCUT2D eigenvalue weighted by molar-refractivity contribution is 6.11. The van der Waals surface area contributed by atoms with Gasteiger partial charge in [0.05, 0.1) is 84.1 Å². The van der Waals surface area contributed by atoms with E-state index in [1.165, 1.54) is 6.42 Å². The van der Waals surface area contributed by atoms with Crippen LogP contribution in [-0.2, 0) is 47.7 Å². The van der Waals surface area contributed by atoms with E-state index < -0.39 is 23.8 Å². The van der Waals surface area contributed by atoms with E-state index in [0.717, 1.165) is 76.0 Å². The van der Waals surface area contributed by atoms with Crippen LogP contribution in [0.2, 0.25) is 0 Å². The van der Waals surface area contributed by atoms with Crippen molar-refractivity contribution in [2.75, 3.05) is 105 Å². The van der Waals surface area contributed by atoms with Gasteiger partial charge in [0.1, 0.15) is 12.3 Å². The normalized spacial score (nSPS) is 33.4. The summed E-state index contributed by atoms with van der Waals surface area (Å²) in [7, 11) is 0. The predicted octanol–water partition coefficient (Wildman–Crippen LogP) is -1.49. The maximum Gasteiger partial charge on any atom is 0.249 e. The van der Waals surface area contributed by atoms with E-state index in [1.807, 2.05) is 0 Å². The molecule has 8 N–H and O–H groups in total. The van der Waals surface area contributed by atoms with Crippen LogP contribution in [0.25, 0.3) is 0 Å². The number of hydrazine groups is 1. The molecule has 7 aliphatic rings. The smallest absolute Gasteiger partial charge is 0.249 e. The van der Waals surface area contributed by atoms with Crippen LogP contribution in [-0.4, -0.2) is 181 Å². The zero-order valence-electron chi connectivity index (χ0n) is 37.9. The number of imide groups is 2. The second-order valence-electron chi connectivity index (χ2n) is 18.5. The summed E-state index contributed by atoms with van der Waals surface area (Å²) in [6.45, 7) is 11.9. The van der Waals surface area contributed by atoms with Crippen LogP contribution >= 0.6 is 0 Å². The van der Waals surface area contributed by atoms with E-state index in [1.54, 1.807) is 0 Å². The molecular formula is C44H76N10O10. The molecule has 0 aromatic carbocycles. The third-order valence-corrected chi connectivity index (χ3v) is 14.2. The van der Waals surface area contributed by atoms with Crippen molar-refractivity contribution in [3.05, 3.63) is 0 Å². The van der Waals surface area contributed by atoms with Gasteiger partial charge in [0, 0.05) is 75.0 Å². The summed E-state index contributed by atoms with van der Waals surface area (Å²) in [6.07, 6.45) is 8.98. The number of nitrogens with one attached hydrogen (secondary N) is 8. The third-order valence-electron chi connectivity index (χ3n) is 14.2. The molecule has 9 unspecified atom stereocenters. The standard InChI is InChI=1S/C44H76N10O10/c1-2-16-53-28-30(27-48-53)38-33-12-13-46-39(33)52-44(51-38)49-31-8-6-29(7-9-31)40(56)47-15-18-61-20-22-63-24-26-64-25-23-62-21-19-60-17-14-45-34-5-3-4-32-37(34)43(59)54(42(32)58)35-10-11-36(55)50-41(35)57/h29-35,37-39,44-46,48-49,51-52H,2-28H2,1H3,(H,47,56)(H,50,55,57). The van der Waals surface area contributed by atoms with E-state index in [4.69, 9.17) is 23.7 Å². The van der Waals surface area contributed by atoms with Gasteiger partial charge in [-0.3, -0.25) is 55.6 Å². The molecule has 2 saturated carbocycles. The van der Waals surface area contributed by atoms with Gasteiger partial charge in [-0.05, 0) is 64.3 Å². The lowest BCUT2D eigenvalue weighted by Gasteiger charge is -2.45. The lowest BCUT2D eigenvalue weighted by atomic mass is 9.77. The van der Waals surface area contributed by atoms with Crippen LogP contribution in [0, 0.1) is 29.6 Å². The number of carbonyl (C=O) groups excluding carboxylic acids is 5. The zero-order chi connectivity index (χ0) is 44.7. The number of fused-ring (bicyclic) bond motifs is 2. The number of piperidine rings is 1. The Bertz CT molecular complexity index is 1520. The van der Waals surface area contributed by atoms with Crippen molar-refractivity contribution < 1.29 is 47.7 Å². The molecule has 0 aromatic rings. The van der Waals surface area contributed by atoms with E-state index in [2.05, 4.69) is 54.6 Å². The average molecular weight is 905 g/mol. The number of ether oxygens (including phenoxy) is 5. The van der Waals surface area contributed by atoms with Gasteiger partial charge >= 0.3 is 0 Å². The predicted molar refractivity (Wildman–Crippen MR) is 234 cm³/mol. The summed E-state index contributed by atoms with van der Waals surface area (Å²) in [4.78, 5) is 64.5. The number of hydrogen-bond donors (Lipinski definition) is 8. The van der Waals surface area contributed by atoms with Crippen LogP contribution in [0.4, 0.5) is 0 Å². The number of likely N-dealkylation sites (tertiary alicyclic amines) is 1. The molecule has 5 saturated heterocycles. The minimum atomic E-state index is -0.910. The number of amides is 5. The second kappa shape index (κ2) is 25.4. The van der Waals surface area contributed by atoms with Gasteiger partial charge in [0.25, 0.3) is 0 Å². The Morgan fingerprint density at radius 2 is 1.45 bits per heavy atom. The number of nitrogens with zero attached hydrogens (tertiary/aromatic N) is 2. The molecule has 2 aliphatic carbocycles. The maximum absolute atomic E-state index is 13.3. The monoisotopic (exact) mass is 905 g/mol. The molecule has 0 spiro atoms. The Morgan fingerprint density at radius 3 is 2.14 bits per heavy atom. The van der Waals surface area contributed by atoms with E-state index in [9.17, 15) is 24.0 Å². The van der Waals surface area contributed by atoms with Gasteiger partial charge in [0.2, 0.25) is 29.5 Å². The summed E-state index contributed by atoms with van der Waals surface area (Å²) in [6, 6.07) is -0.237. The Kier molecular flexibility index (Phi) is 19.5. The van der Waals surface area contributed by atoms with Crippen LogP contribution in [0.3, 0.4) is 0 Å². The molecular weight excluding hydrogens is 829 g/mol. The van der Waals surface area contributed by atoms with Crippen molar-refractivity contribution >= 4 is 29.5 Å². The molecule has 20 heteroatoms. The minimum Gasteiger partial charge on any atom is -0.378 e. The molecule has 9 atom stereocenters. The molecule has 7 rings (SSSR count). The van der Waals surface area contributed by atoms with Crippen molar-refractivity contribution in [1.29, 1.82) is 0 Å². The summed E-state index contributed by atoms with van der Waals surface area (Å²) in [5.41, 5.74) is 3.61. The molecule has 7 fully saturated rings. The van der Waals surface area contributed by atoms with Gasteiger partial charge in [-0.1, -0.05) is 13.3 Å². The third kappa shape index (κ3) is 13.5. The Balaban J connectivity index is 0.628. The van der Waals surface area contributed by atoms with Crippen molar-refractivity contribution in [2.45, 2.75) is 114 Å². The fourth-order valence-electron chi connectivity index (χ4n) is 10.9. The Hall–Kier alpha value is -2.73.